The van der Waals surface area contributed by atoms with E-state index in [2.05, 4.69) is 4.90 Å². The molecule has 4 nitrogen and oxygen atoms in total. The molecule has 1 aliphatic rings. The maximum absolute atomic E-state index is 12.6. The Kier molecular flexibility index (Phi) is 4.65. The number of anilines is 1. The van der Waals surface area contributed by atoms with E-state index in [-0.39, 0.29) is 5.91 Å². The Bertz CT molecular complexity index is 745. The molecule has 0 spiro atoms. The fourth-order valence-corrected chi connectivity index (χ4v) is 3.04. The van der Waals surface area contributed by atoms with E-state index in [9.17, 15) is 9.59 Å². The molecule has 0 atom stereocenters. The molecule has 0 bridgehead atoms. The van der Waals surface area contributed by atoms with Gasteiger partial charge in [0.2, 0.25) is 0 Å². The summed E-state index contributed by atoms with van der Waals surface area (Å²) in [6.45, 7) is 6.99. The van der Waals surface area contributed by atoms with Crippen molar-refractivity contribution in [3.05, 3.63) is 64.7 Å². The highest BCUT2D eigenvalue weighted by Gasteiger charge is 2.22. The highest BCUT2D eigenvalue weighted by Crippen LogP contribution is 2.20. The molecule has 1 heterocycles. The Morgan fingerprint density at radius 1 is 0.958 bits per heavy atom. The molecule has 0 unspecified atom stereocenters. The van der Waals surface area contributed by atoms with Crippen LogP contribution >= 0.6 is 0 Å². The van der Waals surface area contributed by atoms with Gasteiger partial charge in [0.05, 0.1) is 0 Å². The number of carbonyl (C=O) groups excluding carboxylic acids is 2. The molecule has 0 saturated carbocycles. The molecule has 0 aliphatic carbocycles. The van der Waals surface area contributed by atoms with Gasteiger partial charge in [0.1, 0.15) is 6.29 Å². The van der Waals surface area contributed by atoms with E-state index in [1.165, 1.54) is 0 Å². The average molecular weight is 322 g/mol. The summed E-state index contributed by atoms with van der Waals surface area (Å²) < 4.78 is 0. The van der Waals surface area contributed by atoms with E-state index in [0.717, 1.165) is 47.3 Å². The summed E-state index contributed by atoms with van der Waals surface area (Å²) in [5, 5.41) is 0. The lowest BCUT2D eigenvalue weighted by atomic mass is 10.1. The van der Waals surface area contributed by atoms with Crippen LogP contribution in [0.5, 0.6) is 0 Å². The van der Waals surface area contributed by atoms with Crippen LogP contribution in [-0.4, -0.2) is 43.3 Å². The molecular weight excluding hydrogens is 300 g/mol. The Balaban J connectivity index is 1.65. The molecule has 2 aromatic carbocycles. The van der Waals surface area contributed by atoms with Gasteiger partial charge in [-0.15, -0.1) is 0 Å². The predicted octanol–water partition coefficient (Wildman–Crippen LogP) is 3.08. The lowest BCUT2D eigenvalue weighted by Crippen LogP contribution is -2.48. The van der Waals surface area contributed by atoms with E-state index in [1.807, 2.05) is 61.2 Å². The van der Waals surface area contributed by atoms with Crippen LogP contribution in [0.4, 0.5) is 5.69 Å². The number of rotatable bonds is 3. The van der Waals surface area contributed by atoms with E-state index in [1.54, 1.807) is 0 Å². The van der Waals surface area contributed by atoms with Crippen molar-refractivity contribution in [2.24, 2.45) is 0 Å². The number of hydrogen-bond acceptors (Lipinski definition) is 3. The molecule has 0 radical (unpaired) electrons. The monoisotopic (exact) mass is 322 g/mol. The van der Waals surface area contributed by atoms with Crippen LogP contribution in [0, 0.1) is 13.8 Å². The Hall–Kier alpha value is -2.62. The van der Waals surface area contributed by atoms with Gasteiger partial charge in [0, 0.05) is 43.0 Å². The molecule has 3 rings (SSSR count). The molecule has 24 heavy (non-hydrogen) atoms. The van der Waals surface area contributed by atoms with Crippen molar-refractivity contribution in [3.8, 4) is 0 Å². The second-order valence-electron chi connectivity index (χ2n) is 6.30. The van der Waals surface area contributed by atoms with Gasteiger partial charge in [-0.05, 0) is 49.7 Å². The van der Waals surface area contributed by atoms with E-state index >= 15 is 0 Å². The summed E-state index contributed by atoms with van der Waals surface area (Å²) >= 11 is 0. The van der Waals surface area contributed by atoms with E-state index < -0.39 is 0 Å². The Morgan fingerprint density at radius 2 is 1.62 bits per heavy atom. The van der Waals surface area contributed by atoms with Gasteiger partial charge >= 0.3 is 0 Å². The maximum atomic E-state index is 12.6. The molecule has 0 N–H and O–H groups in total. The third-order valence-electron chi connectivity index (χ3n) is 4.61. The van der Waals surface area contributed by atoms with Gasteiger partial charge in [0.15, 0.2) is 0 Å². The minimum atomic E-state index is 0.0992. The van der Waals surface area contributed by atoms with Crippen LogP contribution in [-0.2, 0) is 0 Å². The van der Waals surface area contributed by atoms with E-state index in [4.69, 9.17) is 0 Å². The van der Waals surface area contributed by atoms with Crippen LogP contribution in [0.2, 0.25) is 0 Å². The third kappa shape index (κ3) is 3.32. The fraction of sp³-hybridized carbons (Fsp3) is 0.300. The van der Waals surface area contributed by atoms with Gasteiger partial charge < -0.3 is 9.80 Å². The normalized spacial score (nSPS) is 14.6. The summed E-state index contributed by atoms with van der Waals surface area (Å²) in [7, 11) is 0. The lowest BCUT2D eigenvalue weighted by Gasteiger charge is -2.36. The molecular formula is C20H22N2O2. The molecule has 124 valence electrons. The average Bonchev–Trinajstić information content (AvgIpc) is 2.62. The number of nitrogens with zero attached hydrogens (tertiary/aromatic N) is 2. The van der Waals surface area contributed by atoms with E-state index in [0.29, 0.717) is 13.1 Å². The van der Waals surface area contributed by atoms with Gasteiger partial charge in [-0.1, -0.05) is 17.7 Å². The summed E-state index contributed by atoms with van der Waals surface area (Å²) in [6.07, 6.45) is 0.886. The first-order valence-electron chi connectivity index (χ1n) is 8.25. The molecule has 1 saturated heterocycles. The SMILES string of the molecule is Cc1ccc(C(=O)N2CCN(c3ccc(C=O)c(C)c3)CC2)cc1. The molecule has 0 aromatic heterocycles. The molecule has 1 aliphatic heterocycles. The number of aryl methyl sites for hydroxylation is 2. The summed E-state index contributed by atoms with van der Waals surface area (Å²) in [4.78, 5) is 27.7. The highest BCUT2D eigenvalue weighted by molar-refractivity contribution is 5.94. The van der Waals surface area contributed by atoms with Crippen molar-refractivity contribution < 1.29 is 9.59 Å². The smallest absolute Gasteiger partial charge is 0.253 e. The van der Waals surface area contributed by atoms with Crippen LogP contribution in [0.25, 0.3) is 0 Å². The second kappa shape index (κ2) is 6.87. The summed E-state index contributed by atoms with van der Waals surface area (Å²) in [6, 6.07) is 13.6. The molecule has 1 amide bonds. The first kappa shape index (κ1) is 16.2. The highest BCUT2D eigenvalue weighted by atomic mass is 16.2. The first-order valence-corrected chi connectivity index (χ1v) is 8.25. The second-order valence-corrected chi connectivity index (χ2v) is 6.30. The van der Waals surface area contributed by atoms with Crippen molar-refractivity contribution in [2.75, 3.05) is 31.1 Å². The van der Waals surface area contributed by atoms with Crippen molar-refractivity contribution in [3.63, 3.8) is 0 Å². The molecule has 1 fully saturated rings. The summed E-state index contributed by atoms with van der Waals surface area (Å²) in [5.41, 5.74) is 4.74. The number of benzene rings is 2. The van der Waals surface area contributed by atoms with Crippen molar-refractivity contribution in [1.29, 1.82) is 0 Å². The topological polar surface area (TPSA) is 40.6 Å². The standard InChI is InChI=1S/C20H22N2O2/c1-15-3-5-17(6-4-15)20(24)22-11-9-21(10-12-22)19-8-7-18(14-23)16(2)13-19/h3-8,13-14H,9-12H2,1-2H3. The minimum Gasteiger partial charge on any atom is -0.368 e. The van der Waals surface area contributed by atoms with Crippen molar-refractivity contribution in [2.45, 2.75) is 13.8 Å². The minimum absolute atomic E-state index is 0.0992. The van der Waals surface area contributed by atoms with Crippen LogP contribution in [0.15, 0.2) is 42.5 Å². The van der Waals surface area contributed by atoms with Gasteiger partial charge in [-0.3, -0.25) is 9.59 Å². The zero-order valence-corrected chi connectivity index (χ0v) is 14.2. The lowest BCUT2D eigenvalue weighted by molar-refractivity contribution is 0.0746. The number of piperazine rings is 1. The van der Waals surface area contributed by atoms with Crippen LogP contribution < -0.4 is 4.90 Å². The predicted molar refractivity (Wildman–Crippen MR) is 95.9 cm³/mol. The summed E-state index contributed by atoms with van der Waals surface area (Å²) in [5.74, 6) is 0.0992. The number of hydrogen-bond donors (Lipinski definition) is 0. The van der Waals surface area contributed by atoms with Gasteiger partial charge in [-0.2, -0.15) is 0 Å². The zero-order valence-electron chi connectivity index (χ0n) is 14.2. The fourth-order valence-electron chi connectivity index (χ4n) is 3.04. The van der Waals surface area contributed by atoms with Gasteiger partial charge in [0.25, 0.3) is 5.91 Å². The van der Waals surface area contributed by atoms with Crippen molar-refractivity contribution >= 4 is 17.9 Å². The molecule has 4 heteroatoms. The quantitative estimate of drug-likeness (QED) is 0.816. The Morgan fingerprint density at radius 3 is 2.21 bits per heavy atom. The van der Waals surface area contributed by atoms with Gasteiger partial charge in [-0.25, -0.2) is 0 Å². The van der Waals surface area contributed by atoms with Crippen molar-refractivity contribution in [1.82, 2.24) is 4.90 Å². The van der Waals surface area contributed by atoms with Crippen LogP contribution in [0.3, 0.4) is 0 Å². The molecule has 2 aromatic rings. The number of aldehydes is 1. The number of carbonyl (C=O) groups is 2. The largest absolute Gasteiger partial charge is 0.368 e. The maximum Gasteiger partial charge on any atom is 0.253 e. The third-order valence-corrected chi connectivity index (χ3v) is 4.61. The van der Waals surface area contributed by atoms with Crippen LogP contribution in [0.1, 0.15) is 31.8 Å². The zero-order chi connectivity index (χ0) is 17.1. The Labute approximate surface area is 142 Å². The number of amides is 1. The first-order chi connectivity index (χ1) is 11.6.